The molecule has 2 aromatic rings. The maximum atomic E-state index is 5.78. The largest absolute Gasteiger partial charge is 0.366 e. The SMILES string of the molecule is Cc1nn(C)c(C)c1CNc1ccc(Cl)cn1. The molecule has 0 fully saturated rings. The summed E-state index contributed by atoms with van der Waals surface area (Å²) in [4.78, 5) is 4.19. The number of rotatable bonds is 3. The number of aryl methyl sites for hydroxylation is 2. The van der Waals surface area contributed by atoms with Crippen LogP contribution in [-0.2, 0) is 13.6 Å². The van der Waals surface area contributed by atoms with Crippen molar-refractivity contribution in [1.29, 1.82) is 0 Å². The Morgan fingerprint density at radius 3 is 2.65 bits per heavy atom. The molecule has 0 aromatic carbocycles. The fraction of sp³-hybridized carbons (Fsp3) is 0.333. The Hall–Kier alpha value is -1.55. The molecule has 0 saturated carbocycles. The van der Waals surface area contributed by atoms with Gasteiger partial charge in [0, 0.05) is 31.0 Å². The molecular weight excluding hydrogens is 236 g/mol. The van der Waals surface area contributed by atoms with Crippen LogP contribution in [0.4, 0.5) is 5.82 Å². The van der Waals surface area contributed by atoms with Crippen LogP contribution in [-0.4, -0.2) is 14.8 Å². The van der Waals surface area contributed by atoms with Crippen LogP contribution in [0.2, 0.25) is 5.02 Å². The van der Waals surface area contributed by atoms with Gasteiger partial charge in [-0.1, -0.05) is 11.6 Å². The molecule has 90 valence electrons. The third kappa shape index (κ3) is 2.58. The summed E-state index contributed by atoms with van der Waals surface area (Å²) in [6.45, 7) is 4.80. The van der Waals surface area contributed by atoms with Crippen LogP contribution in [0.5, 0.6) is 0 Å². The molecule has 0 aliphatic rings. The predicted octanol–water partition coefficient (Wildman–Crippen LogP) is 2.70. The highest BCUT2D eigenvalue weighted by Gasteiger charge is 2.08. The Bertz CT molecular complexity index is 516. The van der Waals surface area contributed by atoms with E-state index < -0.39 is 0 Å². The summed E-state index contributed by atoms with van der Waals surface area (Å²) in [7, 11) is 1.95. The summed E-state index contributed by atoms with van der Waals surface area (Å²) in [5.41, 5.74) is 3.43. The molecule has 2 heterocycles. The molecule has 5 heteroatoms. The van der Waals surface area contributed by atoms with Gasteiger partial charge in [0.15, 0.2) is 0 Å². The number of hydrogen-bond acceptors (Lipinski definition) is 3. The quantitative estimate of drug-likeness (QED) is 0.911. The predicted molar refractivity (Wildman–Crippen MR) is 69.3 cm³/mol. The van der Waals surface area contributed by atoms with Crippen LogP contribution < -0.4 is 5.32 Å². The van der Waals surface area contributed by atoms with E-state index in [0.29, 0.717) is 5.02 Å². The zero-order chi connectivity index (χ0) is 12.4. The molecule has 0 aliphatic heterocycles. The maximum absolute atomic E-state index is 5.78. The minimum atomic E-state index is 0.643. The van der Waals surface area contributed by atoms with Gasteiger partial charge in [-0.25, -0.2) is 4.98 Å². The Labute approximate surface area is 106 Å². The summed E-state index contributed by atoms with van der Waals surface area (Å²) in [5.74, 6) is 0.817. The third-order valence-electron chi connectivity index (χ3n) is 2.83. The molecule has 0 radical (unpaired) electrons. The average Bonchev–Trinajstić information content (AvgIpc) is 2.54. The van der Waals surface area contributed by atoms with Crippen molar-refractivity contribution in [2.45, 2.75) is 20.4 Å². The van der Waals surface area contributed by atoms with E-state index in [-0.39, 0.29) is 0 Å². The molecule has 0 unspecified atom stereocenters. The van der Waals surface area contributed by atoms with Crippen LogP contribution >= 0.6 is 11.6 Å². The average molecular weight is 251 g/mol. The second-order valence-electron chi connectivity index (χ2n) is 3.99. The Morgan fingerprint density at radius 1 is 1.35 bits per heavy atom. The van der Waals surface area contributed by atoms with Gasteiger partial charge in [-0.2, -0.15) is 5.10 Å². The number of nitrogens with one attached hydrogen (secondary N) is 1. The second kappa shape index (κ2) is 4.75. The third-order valence-corrected chi connectivity index (χ3v) is 3.06. The minimum Gasteiger partial charge on any atom is -0.366 e. The van der Waals surface area contributed by atoms with Gasteiger partial charge in [-0.05, 0) is 26.0 Å². The summed E-state index contributed by atoms with van der Waals surface area (Å²) < 4.78 is 1.89. The molecule has 4 nitrogen and oxygen atoms in total. The number of pyridine rings is 1. The molecule has 2 rings (SSSR count). The summed E-state index contributed by atoms with van der Waals surface area (Å²) >= 11 is 5.78. The molecule has 0 amide bonds. The van der Waals surface area contributed by atoms with Gasteiger partial charge in [0.1, 0.15) is 5.82 Å². The molecule has 0 bridgehead atoms. The first-order valence-electron chi connectivity index (χ1n) is 5.42. The number of anilines is 1. The molecule has 2 aromatic heterocycles. The topological polar surface area (TPSA) is 42.7 Å². The summed E-state index contributed by atoms with van der Waals surface area (Å²) in [6.07, 6.45) is 1.63. The van der Waals surface area contributed by atoms with Crippen molar-refractivity contribution in [2.75, 3.05) is 5.32 Å². The Balaban J connectivity index is 2.09. The zero-order valence-electron chi connectivity index (χ0n) is 10.2. The van der Waals surface area contributed by atoms with E-state index in [1.807, 2.05) is 30.8 Å². The lowest BCUT2D eigenvalue weighted by atomic mass is 10.2. The smallest absolute Gasteiger partial charge is 0.126 e. The second-order valence-corrected chi connectivity index (χ2v) is 4.42. The van der Waals surface area contributed by atoms with E-state index in [4.69, 9.17) is 11.6 Å². The highest BCUT2D eigenvalue weighted by atomic mass is 35.5. The first-order valence-corrected chi connectivity index (χ1v) is 5.80. The van der Waals surface area contributed by atoms with E-state index in [9.17, 15) is 0 Å². The monoisotopic (exact) mass is 250 g/mol. The van der Waals surface area contributed by atoms with E-state index in [1.54, 1.807) is 6.20 Å². The normalized spacial score (nSPS) is 10.6. The van der Waals surface area contributed by atoms with Gasteiger partial charge in [0.05, 0.1) is 10.7 Å². The molecule has 0 spiro atoms. The standard InChI is InChI=1S/C12H15ClN4/c1-8-11(9(2)17(3)16-8)7-15-12-5-4-10(13)6-14-12/h4-6H,7H2,1-3H3,(H,14,15). The van der Waals surface area contributed by atoms with Gasteiger partial charge in [-0.3, -0.25) is 4.68 Å². The number of halogens is 1. The van der Waals surface area contributed by atoms with E-state index in [0.717, 1.165) is 18.1 Å². The van der Waals surface area contributed by atoms with Gasteiger partial charge in [0.25, 0.3) is 0 Å². The molecular formula is C12H15ClN4. The molecule has 17 heavy (non-hydrogen) atoms. The first kappa shape index (κ1) is 11.9. The first-order chi connectivity index (χ1) is 8.08. The number of hydrogen-bond donors (Lipinski definition) is 1. The lowest BCUT2D eigenvalue weighted by molar-refractivity contribution is 0.730. The van der Waals surface area contributed by atoms with Crippen molar-refractivity contribution in [3.8, 4) is 0 Å². The van der Waals surface area contributed by atoms with Crippen LogP contribution in [0.25, 0.3) is 0 Å². The van der Waals surface area contributed by atoms with Gasteiger partial charge < -0.3 is 5.32 Å². The van der Waals surface area contributed by atoms with Crippen LogP contribution in [0, 0.1) is 13.8 Å². The summed E-state index contributed by atoms with van der Waals surface area (Å²) in [5, 5.41) is 8.28. The van der Waals surface area contributed by atoms with Crippen molar-refractivity contribution in [3.05, 3.63) is 40.3 Å². The van der Waals surface area contributed by atoms with Crippen molar-refractivity contribution in [1.82, 2.24) is 14.8 Å². The molecule has 1 N–H and O–H groups in total. The van der Waals surface area contributed by atoms with Crippen molar-refractivity contribution in [3.63, 3.8) is 0 Å². The van der Waals surface area contributed by atoms with Crippen LogP contribution in [0.15, 0.2) is 18.3 Å². The van der Waals surface area contributed by atoms with E-state index in [2.05, 4.69) is 22.3 Å². The molecule has 0 aliphatic carbocycles. The van der Waals surface area contributed by atoms with E-state index in [1.165, 1.54) is 11.3 Å². The van der Waals surface area contributed by atoms with Crippen molar-refractivity contribution in [2.24, 2.45) is 7.05 Å². The maximum Gasteiger partial charge on any atom is 0.126 e. The van der Waals surface area contributed by atoms with Crippen LogP contribution in [0.3, 0.4) is 0 Å². The zero-order valence-corrected chi connectivity index (χ0v) is 10.9. The fourth-order valence-corrected chi connectivity index (χ4v) is 1.84. The minimum absolute atomic E-state index is 0.643. The highest BCUT2D eigenvalue weighted by molar-refractivity contribution is 6.30. The fourth-order valence-electron chi connectivity index (χ4n) is 1.73. The van der Waals surface area contributed by atoms with Crippen molar-refractivity contribution < 1.29 is 0 Å². The number of aromatic nitrogens is 3. The van der Waals surface area contributed by atoms with Crippen molar-refractivity contribution >= 4 is 17.4 Å². The lowest BCUT2D eigenvalue weighted by Gasteiger charge is -2.06. The highest BCUT2D eigenvalue weighted by Crippen LogP contribution is 2.15. The Morgan fingerprint density at radius 2 is 2.12 bits per heavy atom. The van der Waals surface area contributed by atoms with Gasteiger partial charge >= 0.3 is 0 Å². The number of nitrogens with zero attached hydrogens (tertiary/aromatic N) is 3. The lowest BCUT2D eigenvalue weighted by Crippen LogP contribution is -2.03. The van der Waals surface area contributed by atoms with Gasteiger partial charge in [-0.15, -0.1) is 0 Å². The molecule has 0 atom stereocenters. The van der Waals surface area contributed by atoms with E-state index >= 15 is 0 Å². The van der Waals surface area contributed by atoms with Gasteiger partial charge in [0.2, 0.25) is 0 Å². The van der Waals surface area contributed by atoms with Crippen LogP contribution in [0.1, 0.15) is 17.0 Å². The Kier molecular flexibility index (Phi) is 3.33. The molecule has 0 saturated heterocycles. The summed E-state index contributed by atoms with van der Waals surface area (Å²) in [6, 6.07) is 3.68.